The Morgan fingerprint density at radius 1 is 1.18 bits per heavy atom. The number of halogens is 2. The van der Waals surface area contributed by atoms with Crippen molar-refractivity contribution in [3.8, 4) is 5.69 Å². The molecule has 0 saturated heterocycles. The van der Waals surface area contributed by atoms with Crippen LogP contribution in [0, 0.1) is 5.82 Å². The number of hydrogen-bond acceptors (Lipinski definition) is 3. The third kappa shape index (κ3) is 3.31. The molecule has 22 heavy (non-hydrogen) atoms. The predicted molar refractivity (Wildman–Crippen MR) is 87.0 cm³/mol. The van der Waals surface area contributed by atoms with Crippen molar-refractivity contribution in [3.63, 3.8) is 0 Å². The van der Waals surface area contributed by atoms with Crippen molar-refractivity contribution in [1.82, 2.24) is 14.8 Å². The summed E-state index contributed by atoms with van der Waals surface area (Å²) in [5.41, 5.74) is 1.94. The first-order chi connectivity index (χ1) is 10.6. The van der Waals surface area contributed by atoms with Crippen LogP contribution in [0.25, 0.3) is 5.69 Å². The number of nitrogens with zero attached hydrogens (tertiary/aromatic N) is 3. The van der Waals surface area contributed by atoms with Gasteiger partial charge >= 0.3 is 0 Å². The molecule has 0 aliphatic rings. The van der Waals surface area contributed by atoms with E-state index >= 15 is 0 Å². The molecule has 6 heteroatoms. The van der Waals surface area contributed by atoms with Crippen molar-refractivity contribution in [2.24, 2.45) is 0 Å². The minimum absolute atomic E-state index is 0.128. The lowest BCUT2D eigenvalue weighted by atomic mass is 10.2. The molecule has 0 aliphatic carbocycles. The molecule has 3 rings (SSSR count). The van der Waals surface area contributed by atoms with Gasteiger partial charge < -0.3 is 0 Å². The molecule has 0 bridgehead atoms. The Labute approximate surface area is 137 Å². The second-order valence-corrected chi connectivity index (χ2v) is 6.52. The molecule has 0 spiro atoms. The Hall–Kier alpha value is -1.85. The lowest BCUT2D eigenvalue weighted by Crippen LogP contribution is -1.97. The molecule has 0 radical (unpaired) electrons. The van der Waals surface area contributed by atoms with E-state index in [1.165, 1.54) is 12.1 Å². The summed E-state index contributed by atoms with van der Waals surface area (Å²) in [5.74, 6) is -0.233. The number of rotatable bonds is 4. The standard InChI is InChI=1S/C16H13ClFN3S/c1-11(12-5-7-14(18)8-6-12)22-16-20-19-10-21(16)15-4-2-3-13(17)9-15/h2-11H,1H3. The highest BCUT2D eigenvalue weighted by molar-refractivity contribution is 7.99. The molecule has 1 atom stereocenters. The fourth-order valence-electron chi connectivity index (χ4n) is 2.07. The van der Waals surface area contributed by atoms with Crippen molar-refractivity contribution in [2.45, 2.75) is 17.3 Å². The Morgan fingerprint density at radius 3 is 2.68 bits per heavy atom. The second kappa shape index (κ2) is 6.50. The van der Waals surface area contributed by atoms with E-state index in [9.17, 15) is 4.39 Å². The van der Waals surface area contributed by atoms with Crippen molar-refractivity contribution in [2.75, 3.05) is 0 Å². The fourth-order valence-corrected chi connectivity index (χ4v) is 3.22. The molecule has 112 valence electrons. The summed E-state index contributed by atoms with van der Waals surface area (Å²) >= 11 is 7.59. The summed E-state index contributed by atoms with van der Waals surface area (Å²) in [4.78, 5) is 0. The number of hydrogen-bond donors (Lipinski definition) is 0. The van der Waals surface area contributed by atoms with Crippen LogP contribution in [0.4, 0.5) is 4.39 Å². The van der Waals surface area contributed by atoms with E-state index in [-0.39, 0.29) is 11.1 Å². The van der Waals surface area contributed by atoms with Crippen molar-refractivity contribution in [3.05, 3.63) is 71.3 Å². The van der Waals surface area contributed by atoms with Gasteiger partial charge in [-0.25, -0.2) is 4.39 Å². The zero-order valence-electron chi connectivity index (χ0n) is 11.8. The molecular weight excluding hydrogens is 321 g/mol. The van der Waals surface area contributed by atoms with Gasteiger partial charge in [0, 0.05) is 10.3 Å². The normalized spacial score (nSPS) is 12.3. The highest BCUT2D eigenvalue weighted by atomic mass is 35.5. The summed E-state index contributed by atoms with van der Waals surface area (Å²) in [5, 5.41) is 9.69. The van der Waals surface area contributed by atoms with Crippen LogP contribution in [0.1, 0.15) is 17.7 Å². The average molecular weight is 334 g/mol. The van der Waals surface area contributed by atoms with Gasteiger partial charge in [-0.1, -0.05) is 41.6 Å². The first-order valence-corrected chi connectivity index (χ1v) is 7.97. The summed E-state index contributed by atoms with van der Waals surface area (Å²) in [6, 6.07) is 14.0. The first-order valence-electron chi connectivity index (χ1n) is 6.71. The maximum Gasteiger partial charge on any atom is 0.196 e. The van der Waals surface area contributed by atoms with Gasteiger partial charge in [0.05, 0.1) is 5.69 Å². The third-order valence-electron chi connectivity index (χ3n) is 3.22. The highest BCUT2D eigenvalue weighted by Gasteiger charge is 2.13. The molecule has 0 saturated carbocycles. The summed E-state index contributed by atoms with van der Waals surface area (Å²) in [6.07, 6.45) is 1.66. The van der Waals surface area contributed by atoms with Crippen LogP contribution in [-0.2, 0) is 0 Å². The maximum absolute atomic E-state index is 13.0. The van der Waals surface area contributed by atoms with Gasteiger partial charge in [-0.15, -0.1) is 10.2 Å². The predicted octanol–water partition coefficient (Wildman–Crippen LogP) is 4.91. The average Bonchev–Trinajstić information content (AvgIpc) is 2.96. The summed E-state index contributed by atoms with van der Waals surface area (Å²) in [7, 11) is 0. The second-order valence-electron chi connectivity index (χ2n) is 4.78. The van der Waals surface area contributed by atoms with Crippen LogP contribution < -0.4 is 0 Å². The lowest BCUT2D eigenvalue weighted by molar-refractivity contribution is 0.627. The number of benzene rings is 2. The SMILES string of the molecule is CC(Sc1nncn1-c1cccc(Cl)c1)c1ccc(F)cc1. The monoisotopic (exact) mass is 333 g/mol. The smallest absolute Gasteiger partial charge is 0.196 e. The van der Waals surface area contributed by atoms with Crippen LogP contribution in [0.5, 0.6) is 0 Å². The van der Waals surface area contributed by atoms with Gasteiger partial charge in [0.25, 0.3) is 0 Å². The molecule has 1 unspecified atom stereocenters. The van der Waals surface area contributed by atoms with E-state index in [1.54, 1.807) is 30.2 Å². The number of thioether (sulfide) groups is 1. The minimum atomic E-state index is -0.233. The Bertz CT molecular complexity index is 773. The molecular formula is C16H13ClFN3S. The van der Waals surface area contributed by atoms with E-state index in [2.05, 4.69) is 17.1 Å². The topological polar surface area (TPSA) is 30.7 Å². The Morgan fingerprint density at radius 2 is 1.95 bits per heavy atom. The quantitative estimate of drug-likeness (QED) is 0.635. The zero-order valence-corrected chi connectivity index (χ0v) is 13.4. The molecule has 3 nitrogen and oxygen atoms in total. The van der Waals surface area contributed by atoms with E-state index in [4.69, 9.17) is 11.6 Å². The molecule has 0 N–H and O–H groups in total. The van der Waals surface area contributed by atoms with Gasteiger partial charge in [0.15, 0.2) is 5.16 Å². The van der Waals surface area contributed by atoms with Gasteiger partial charge in [-0.2, -0.15) is 0 Å². The molecule has 0 amide bonds. The van der Waals surface area contributed by atoms with Gasteiger partial charge in [-0.3, -0.25) is 4.57 Å². The van der Waals surface area contributed by atoms with Crippen LogP contribution in [0.15, 0.2) is 60.0 Å². The van der Waals surface area contributed by atoms with Crippen LogP contribution in [-0.4, -0.2) is 14.8 Å². The molecule has 3 aromatic rings. The van der Waals surface area contributed by atoms with Crippen molar-refractivity contribution < 1.29 is 4.39 Å². The van der Waals surface area contributed by atoms with Gasteiger partial charge in [0.1, 0.15) is 12.1 Å². The molecule has 1 heterocycles. The van der Waals surface area contributed by atoms with Gasteiger partial charge in [0.2, 0.25) is 0 Å². The number of aromatic nitrogens is 3. The van der Waals surface area contributed by atoms with Crippen molar-refractivity contribution >= 4 is 23.4 Å². The van der Waals surface area contributed by atoms with E-state index in [0.717, 1.165) is 16.4 Å². The minimum Gasteiger partial charge on any atom is -0.277 e. The molecule has 1 aromatic heterocycles. The van der Waals surface area contributed by atoms with E-state index in [0.29, 0.717) is 5.02 Å². The summed E-state index contributed by atoms with van der Waals surface area (Å²) < 4.78 is 14.9. The first kappa shape index (κ1) is 15.1. The highest BCUT2D eigenvalue weighted by Crippen LogP contribution is 2.34. The Kier molecular flexibility index (Phi) is 4.45. The summed E-state index contributed by atoms with van der Waals surface area (Å²) in [6.45, 7) is 2.05. The lowest BCUT2D eigenvalue weighted by Gasteiger charge is -2.12. The molecule has 0 aliphatic heterocycles. The van der Waals surface area contributed by atoms with E-state index in [1.807, 2.05) is 28.8 Å². The fraction of sp³-hybridized carbons (Fsp3) is 0.125. The van der Waals surface area contributed by atoms with Crippen LogP contribution in [0.2, 0.25) is 5.02 Å². The third-order valence-corrected chi connectivity index (χ3v) is 4.57. The Balaban J connectivity index is 1.84. The van der Waals surface area contributed by atoms with Crippen LogP contribution in [0.3, 0.4) is 0 Å². The van der Waals surface area contributed by atoms with Crippen molar-refractivity contribution in [1.29, 1.82) is 0 Å². The largest absolute Gasteiger partial charge is 0.277 e. The maximum atomic E-state index is 13.0. The molecule has 0 fully saturated rings. The molecule has 2 aromatic carbocycles. The zero-order chi connectivity index (χ0) is 15.5. The van der Waals surface area contributed by atoms with Crippen LogP contribution >= 0.6 is 23.4 Å². The van der Waals surface area contributed by atoms with Gasteiger partial charge in [-0.05, 0) is 42.8 Å². The van der Waals surface area contributed by atoms with E-state index < -0.39 is 0 Å².